The Balaban J connectivity index is 2.87. The smallest absolute Gasteiger partial charge is 0.142 e. The molecule has 0 heterocycles. The third kappa shape index (κ3) is 5.06. The Bertz CT molecular complexity index is 433. The maximum absolute atomic E-state index is 13.6. The van der Waals surface area contributed by atoms with E-state index in [-0.39, 0.29) is 21.8 Å². The Morgan fingerprint density at radius 3 is 2.20 bits per heavy atom. The van der Waals surface area contributed by atoms with E-state index in [9.17, 15) is 4.39 Å². The van der Waals surface area contributed by atoms with E-state index in [1.165, 1.54) is 0 Å². The molecule has 114 valence electrons. The molecule has 0 aromatic heterocycles. The second-order valence-corrected chi connectivity index (χ2v) is 7.14. The number of benzene rings is 1. The Labute approximate surface area is 127 Å². The van der Waals surface area contributed by atoms with Crippen LogP contribution >= 0.6 is 11.6 Å². The lowest BCUT2D eigenvalue weighted by Gasteiger charge is -2.35. The maximum Gasteiger partial charge on any atom is 0.142 e. The molecule has 1 rings (SSSR count). The summed E-state index contributed by atoms with van der Waals surface area (Å²) >= 11 is 5.75. The summed E-state index contributed by atoms with van der Waals surface area (Å²) in [4.78, 5) is 0. The largest absolute Gasteiger partial charge is 0.312 e. The second-order valence-electron chi connectivity index (χ2n) is 6.74. The van der Waals surface area contributed by atoms with E-state index in [1.807, 2.05) is 6.07 Å². The van der Waals surface area contributed by atoms with Gasteiger partial charge >= 0.3 is 0 Å². The lowest BCUT2D eigenvalue weighted by atomic mass is 9.76. The van der Waals surface area contributed by atoms with Gasteiger partial charge in [0.15, 0.2) is 0 Å². The van der Waals surface area contributed by atoms with Gasteiger partial charge in [0.05, 0.1) is 5.02 Å². The van der Waals surface area contributed by atoms with Crippen LogP contribution in [-0.2, 0) is 6.42 Å². The zero-order valence-electron chi connectivity index (χ0n) is 13.3. The van der Waals surface area contributed by atoms with Crippen molar-refractivity contribution in [2.45, 2.75) is 59.4 Å². The summed E-state index contributed by atoms with van der Waals surface area (Å²) < 4.78 is 13.6. The van der Waals surface area contributed by atoms with Crippen LogP contribution in [0, 0.1) is 11.2 Å². The summed E-state index contributed by atoms with van der Waals surface area (Å²) in [7, 11) is 0. The minimum Gasteiger partial charge on any atom is -0.312 e. The quantitative estimate of drug-likeness (QED) is 0.759. The molecule has 0 saturated heterocycles. The Morgan fingerprint density at radius 1 is 1.15 bits per heavy atom. The summed E-state index contributed by atoms with van der Waals surface area (Å²) in [5.74, 6) is -0.325. The van der Waals surface area contributed by atoms with Crippen LogP contribution < -0.4 is 5.32 Å². The van der Waals surface area contributed by atoms with E-state index in [0.29, 0.717) is 0 Å². The van der Waals surface area contributed by atoms with Crippen molar-refractivity contribution in [3.63, 3.8) is 0 Å². The van der Waals surface area contributed by atoms with Gasteiger partial charge in [-0.1, -0.05) is 31.5 Å². The first-order valence-electron chi connectivity index (χ1n) is 7.40. The molecule has 0 aliphatic heterocycles. The normalized spacial score (nSPS) is 12.8. The highest BCUT2D eigenvalue weighted by atomic mass is 35.5. The average molecular weight is 300 g/mol. The SMILES string of the molecule is CCC(CC)(CNC(C)(C)C)Cc1ccc(Cl)c(F)c1. The van der Waals surface area contributed by atoms with Crippen LogP contribution in [0.5, 0.6) is 0 Å². The van der Waals surface area contributed by atoms with Crippen molar-refractivity contribution in [3.05, 3.63) is 34.6 Å². The van der Waals surface area contributed by atoms with Crippen LogP contribution in [0.15, 0.2) is 18.2 Å². The highest BCUT2D eigenvalue weighted by molar-refractivity contribution is 6.30. The summed E-state index contributed by atoms with van der Waals surface area (Å²) in [6, 6.07) is 5.15. The predicted octanol–water partition coefficient (Wildman–Crippen LogP) is 5.22. The van der Waals surface area contributed by atoms with Gasteiger partial charge in [0.25, 0.3) is 0 Å². The van der Waals surface area contributed by atoms with E-state index in [0.717, 1.165) is 31.4 Å². The third-order valence-electron chi connectivity index (χ3n) is 4.06. The molecule has 0 aliphatic rings. The van der Waals surface area contributed by atoms with E-state index in [2.05, 4.69) is 39.9 Å². The van der Waals surface area contributed by atoms with Crippen LogP contribution in [0.3, 0.4) is 0 Å². The van der Waals surface area contributed by atoms with Crippen LogP contribution in [0.25, 0.3) is 0 Å². The topological polar surface area (TPSA) is 12.0 Å². The van der Waals surface area contributed by atoms with Crippen LogP contribution in [0.1, 0.15) is 53.0 Å². The first-order chi connectivity index (χ1) is 9.21. The van der Waals surface area contributed by atoms with Crippen molar-refractivity contribution in [2.75, 3.05) is 6.54 Å². The van der Waals surface area contributed by atoms with Gasteiger partial charge < -0.3 is 5.32 Å². The molecule has 0 unspecified atom stereocenters. The molecule has 0 atom stereocenters. The number of rotatable bonds is 6. The van der Waals surface area contributed by atoms with Gasteiger partial charge in [-0.15, -0.1) is 0 Å². The van der Waals surface area contributed by atoms with Gasteiger partial charge in [0.2, 0.25) is 0 Å². The molecule has 0 amide bonds. The lowest BCUT2D eigenvalue weighted by Crippen LogP contribution is -2.44. The van der Waals surface area contributed by atoms with E-state index in [4.69, 9.17) is 11.6 Å². The van der Waals surface area contributed by atoms with E-state index in [1.54, 1.807) is 12.1 Å². The van der Waals surface area contributed by atoms with E-state index >= 15 is 0 Å². The molecule has 1 aromatic carbocycles. The van der Waals surface area contributed by atoms with Gasteiger partial charge in [-0.25, -0.2) is 4.39 Å². The monoisotopic (exact) mass is 299 g/mol. The molecule has 0 saturated carbocycles. The van der Waals surface area contributed by atoms with Crippen LogP contribution in [-0.4, -0.2) is 12.1 Å². The molecule has 0 aliphatic carbocycles. The van der Waals surface area contributed by atoms with Crippen molar-refractivity contribution in [3.8, 4) is 0 Å². The second kappa shape index (κ2) is 6.91. The fourth-order valence-electron chi connectivity index (χ4n) is 2.35. The fourth-order valence-corrected chi connectivity index (χ4v) is 2.47. The Kier molecular flexibility index (Phi) is 6.03. The molecule has 20 heavy (non-hydrogen) atoms. The molecule has 1 nitrogen and oxygen atoms in total. The van der Waals surface area contributed by atoms with Crippen LogP contribution in [0.2, 0.25) is 5.02 Å². The molecule has 1 N–H and O–H groups in total. The molecule has 3 heteroatoms. The standard InChI is InChI=1S/C17H27ClFN/c1-6-17(7-2,12-20-16(3,4)5)11-13-8-9-14(18)15(19)10-13/h8-10,20H,6-7,11-12H2,1-5H3. The zero-order chi connectivity index (χ0) is 15.4. The highest BCUT2D eigenvalue weighted by Gasteiger charge is 2.28. The van der Waals surface area contributed by atoms with Crippen molar-refractivity contribution < 1.29 is 4.39 Å². The van der Waals surface area contributed by atoms with Crippen molar-refractivity contribution >= 4 is 11.6 Å². The third-order valence-corrected chi connectivity index (χ3v) is 4.36. The van der Waals surface area contributed by atoms with E-state index < -0.39 is 0 Å². The van der Waals surface area contributed by atoms with Crippen molar-refractivity contribution in [1.82, 2.24) is 5.32 Å². The number of halogens is 2. The summed E-state index contributed by atoms with van der Waals surface area (Å²) in [5.41, 5.74) is 1.28. The van der Waals surface area contributed by atoms with Crippen LogP contribution in [0.4, 0.5) is 4.39 Å². The molecule has 0 spiro atoms. The molecule has 0 fully saturated rings. The Morgan fingerprint density at radius 2 is 1.75 bits per heavy atom. The maximum atomic E-state index is 13.6. The first kappa shape index (κ1) is 17.5. The average Bonchev–Trinajstić information content (AvgIpc) is 2.38. The van der Waals surface area contributed by atoms with Gasteiger partial charge in [0.1, 0.15) is 5.82 Å². The van der Waals surface area contributed by atoms with Gasteiger partial charge in [0, 0.05) is 12.1 Å². The molecule has 0 bridgehead atoms. The number of nitrogens with one attached hydrogen (secondary N) is 1. The summed E-state index contributed by atoms with van der Waals surface area (Å²) in [6.45, 7) is 11.9. The van der Waals surface area contributed by atoms with Gasteiger partial charge in [-0.05, 0) is 63.1 Å². The zero-order valence-corrected chi connectivity index (χ0v) is 14.1. The summed E-state index contributed by atoms with van der Waals surface area (Å²) in [5, 5.41) is 3.79. The minimum atomic E-state index is -0.325. The summed E-state index contributed by atoms with van der Waals surface area (Å²) in [6.07, 6.45) is 3.00. The van der Waals surface area contributed by atoms with Crippen molar-refractivity contribution in [2.24, 2.45) is 5.41 Å². The molecule has 0 radical (unpaired) electrons. The highest BCUT2D eigenvalue weighted by Crippen LogP contribution is 2.32. The number of hydrogen-bond donors (Lipinski definition) is 1. The lowest BCUT2D eigenvalue weighted by molar-refractivity contribution is 0.220. The predicted molar refractivity (Wildman–Crippen MR) is 85.9 cm³/mol. The molecular weight excluding hydrogens is 273 g/mol. The first-order valence-corrected chi connectivity index (χ1v) is 7.78. The van der Waals surface area contributed by atoms with Gasteiger partial charge in [-0.3, -0.25) is 0 Å². The molecule has 1 aromatic rings. The van der Waals surface area contributed by atoms with Crippen molar-refractivity contribution in [1.29, 1.82) is 0 Å². The molecular formula is C17H27ClFN. The minimum absolute atomic E-state index is 0.0981. The number of hydrogen-bond acceptors (Lipinski definition) is 1. The fraction of sp³-hybridized carbons (Fsp3) is 0.647. The Hall–Kier alpha value is -0.600. The van der Waals surface area contributed by atoms with Gasteiger partial charge in [-0.2, -0.15) is 0 Å².